The summed E-state index contributed by atoms with van der Waals surface area (Å²) >= 11 is 0. The van der Waals surface area contributed by atoms with Crippen molar-refractivity contribution in [3.63, 3.8) is 0 Å². The van der Waals surface area contributed by atoms with Gasteiger partial charge in [0.05, 0.1) is 6.54 Å². The van der Waals surface area contributed by atoms with Gasteiger partial charge in [0.1, 0.15) is 18.2 Å². The number of hydrogen-bond donors (Lipinski definition) is 3. The van der Waals surface area contributed by atoms with Gasteiger partial charge in [-0.2, -0.15) is 0 Å². The predicted octanol–water partition coefficient (Wildman–Crippen LogP) is 3.51. The number of fused-ring (bicyclic) bond motifs is 1. The van der Waals surface area contributed by atoms with Crippen LogP contribution in [0, 0.1) is 17.5 Å². The Morgan fingerprint density at radius 2 is 1.74 bits per heavy atom. The molecule has 142 valence electrons. The molecule has 0 aliphatic heterocycles. The molecule has 1 aromatic heterocycles. The largest absolute Gasteiger partial charge is 0.489 e. The standard InChI is InChI=1S/C19H18F3N3O2/c20-13-2-4-18(16(22)9-13)27-8-7-24-19(26)23-6-5-12-11-25-17-10-14(21)1-3-15(12)17/h1-4,9-11,25H,5-8H2,(H2,23,24,26). The molecular formula is C19H18F3N3O2. The van der Waals surface area contributed by atoms with Crippen molar-refractivity contribution in [1.82, 2.24) is 15.6 Å². The number of carbonyl (C=O) groups is 1. The molecule has 0 aliphatic carbocycles. The summed E-state index contributed by atoms with van der Waals surface area (Å²) in [7, 11) is 0. The summed E-state index contributed by atoms with van der Waals surface area (Å²) in [6.45, 7) is 0.600. The van der Waals surface area contributed by atoms with Gasteiger partial charge < -0.3 is 20.4 Å². The molecule has 5 nitrogen and oxygen atoms in total. The monoisotopic (exact) mass is 377 g/mol. The zero-order valence-electron chi connectivity index (χ0n) is 14.3. The van der Waals surface area contributed by atoms with Crippen LogP contribution >= 0.6 is 0 Å². The van der Waals surface area contributed by atoms with Crippen LogP contribution in [0.3, 0.4) is 0 Å². The van der Waals surface area contributed by atoms with Crippen LogP contribution in [0.5, 0.6) is 5.75 Å². The van der Waals surface area contributed by atoms with Crippen molar-refractivity contribution in [3.8, 4) is 5.75 Å². The molecule has 0 atom stereocenters. The van der Waals surface area contributed by atoms with Gasteiger partial charge in [0.25, 0.3) is 0 Å². The third kappa shape index (κ3) is 4.93. The number of aromatic amines is 1. The molecule has 3 aromatic rings. The Morgan fingerprint density at radius 3 is 2.56 bits per heavy atom. The number of H-pyrrole nitrogens is 1. The summed E-state index contributed by atoms with van der Waals surface area (Å²) in [6.07, 6.45) is 2.37. The van der Waals surface area contributed by atoms with Crippen molar-refractivity contribution in [3.05, 3.63) is 65.6 Å². The zero-order valence-corrected chi connectivity index (χ0v) is 14.3. The minimum absolute atomic E-state index is 0.0456. The zero-order chi connectivity index (χ0) is 19.2. The maximum atomic E-state index is 13.4. The van der Waals surface area contributed by atoms with Gasteiger partial charge in [0, 0.05) is 29.7 Å². The lowest BCUT2D eigenvalue weighted by Crippen LogP contribution is -2.38. The summed E-state index contributed by atoms with van der Waals surface area (Å²) in [5.41, 5.74) is 1.68. The average molecular weight is 377 g/mol. The van der Waals surface area contributed by atoms with Gasteiger partial charge in [-0.15, -0.1) is 0 Å². The van der Waals surface area contributed by atoms with E-state index in [0.29, 0.717) is 18.5 Å². The van der Waals surface area contributed by atoms with E-state index in [-0.39, 0.29) is 30.7 Å². The van der Waals surface area contributed by atoms with Crippen molar-refractivity contribution in [2.24, 2.45) is 0 Å². The van der Waals surface area contributed by atoms with Crippen molar-refractivity contribution in [1.29, 1.82) is 0 Å². The summed E-state index contributed by atoms with van der Waals surface area (Å²) in [6, 6.07) is 7.14. The normalized spacial score (nSPS) is 10.8. The van der Waals surface area contributed by atoms with E-state index in [4.69, 9.17) is 4.74 Å². The Balaban J connectivity index is 1.37. The topological polar surface area (TPSA) is 66.2 Å². The van der Waals surface area contributed by atoms with Crippen molar-refractivity contribution >= 4 is 16.9 Å². The number of nitrogens with one attached hydrogen (secondary N) is 3. The van der Waals surface area contributed by atoms with Crippen LogP contribution in [-0.2, 0) is 6.42 Å². The minimum atomic E-state index is -0.793. The summed E-state index contributed by atoms with van der Waals surface area (Å²) in [5, 5.41) is 6.19. The fourth-order valence-electron chi connectivity index (χ4n) is 2.66. The molecule has 8 heteroatoms. The lowest BCUT2D eigenvalue weighted by atomic mass is 10.1. The summed E-state index contributed by atoms with van der Waals surface area (Å²) in [4.78, 5) is 14.7. The van der Waals surface area contributed by atoms with E-state index in [1.165, 1.54) is 18.2 Å². The molecule has 2 aromatic carbocycles. The molecule has 27 heavy (non-hydrogen) atoms. The highest BCUT2D eigenvalue weighted by Crippen LogP contribution is 2.19. The van der Waals surface area contributed by atoms with E-state index in [9.17, 15) is 18.0 Å². The van der Waals surface area contributed by atoms with Crippen LogP contribution < -0.4 is 15.4 Å². The van der Waals surface area contributed by atoms with Crippen molar-refractivity contribution in [2.45, 2.75) is 6.42 Å². The van der Waals surface area contributed by atoms with Gasteiger partial charge in [-0.05, 0) is 42.3 Å². The van der Waals surface area contributed by atoms with Gasteiger partial charge in [-0.1, -0.05) is 0 Å². The number of carbonyl (C=O) groups excluding carboxylic acids is 1. The molecule has 0 unspecified atom stereocenters. The van der Waals surface area contributed by atoms with Gasteiger partial charge in [0.2, 0.25) is 0 Å². The Kier molecular flexibility index (Phi) is 5.85. The van der Waals surface area contributed by atoms with Gasteiger partial charge >= 0.3 is 6.03 Å². The molecule has 1 heterocycles. The number of halogens is 3. The van der Waals surface area contributed by atoms with Crippen molar-refractivity contribution in [2.75, 3.05) is 19.7 Å². The highest BCUT2D eigenvalue weighted by Gasteiger charge is 2.07. The average Bonchev–Trinajstić information content (AvgIpc) is 3.02. The van der Waals surface area contributed by atoms with E-state index in [2.05, 4.69) is 15.6 Å². The number of aromatic nitrogens is 1. The Labute approximate surface area is 153 Å². The Bertz CT molecular complexity index is 943. The molecule has 0 radical (unpaired) electrons. The maximum absolute atomic E-state index is 13.4. The molecule has 0 fully saturated rings. The quantitative estimate of drug-likeness (QED) is 0.552. The summed E-state index contributed by atoms with van der Waals surface area (Å²) in [5.74, 6) is -1.86. The van der Waals surface area contributed by atoms with Crippen LogP contribution in [-0.4, -0.2) is 30.7 Å². The lowest BCUT2D eigenvalue weighted by molar-refractivity contribution is 0.236. The van der Waals surface area contributed by atoms with Gasteiger partial charge in [0.15, 0.2) is 11.6 Å². The molecule has 0 aliphatic rings. The first kappa shape index (κ1) is 18.6. The van der Waals surface area contributed by atoms with Crippen LogP contribution in [0.15, 0.2) is 42.6 Å². The third-order valence-electron chi connectivity index (χ3n) is 3.95. The second-order valence-electron chi connectivity index (χ2n) is 5.86. The van der Waals surface area contributed by atoms with Crippen LogP contribution in [0.1, 0.15) is 5.56 Å². The molecule has 0 saturated carbocycles. The molecule has 2 amide bonds. The Hall–Kier alpha value is -3.16. The highest BCUT2D eigenvalue weighted by atomic mass is 19.1. The second-order valence-corrected chi connectivity index (χ2v) is 5.86. The number of hydrogen-bond acceptors (Lipinski definition) is 2. The molecule has 3 rings (SSSR count). The van der Waals surface area contributed by atoms with E-state index in [1.807, 2.05) is 0 Å². The van der Waals surface area contributed by atoms with E-state index in [0.717, 1.165) is 23.1 Å². The maximum Gasteiger partial charge on any atom is 0.314 e. The molecule has 3 N–H and O–H groups in total. The van der Waals surface area contributed by atoms with Gasteiger partial charge in [-0.3, -0.25) is 0 Å². The summed E-state index contributed by atoms with van der Waals surface area (Å²) < 4.78 is 44.5. The molecule has 0 saturated heterocycles. The number of benzene rings is 2. The first-order chi connectivity index (χ1) is 13.0. The smallest absolute Gasteiger partial charge is 0.314 e. The number of rotatable bonds is 7. The lowest BCUT2D eigenvalue weighted by Gasteiger charge is -2.09. The SMILES string of the molecule is O=C(NCCOc1ccc(F)cc1F)NCCc1c[nH]c2cc(F)ccc12. The third-order valence-corrected chi connectivity index (χ3v) is 3.95. The number of amides is 2. The van der Waals surface area contributed by atoms with Crippen molar-refractivity contribution < 1.29 is 22.7 Å². The second kappa shape index (κ2) is 8.48. The molecular weight excluding hydrogens is 359 g/mol. The van der Waals surface area contributed by atoms with E-state index >= 15 is 0 Å². The highest BCUT2D eigenvalue weighted by molar-refractivity contribution is 5.83. The molecule has 0 spiro atoms. The predicted molar refractivity (Wildman–Crippen MR) is 95.2 cm³/mol. The Morgan fingerprint density at radius 1 is 1.00 bits per heavy atom. The van der Waals surface area contributed by atoms with Gasteiger partial charge in [-0.25, -0.2) is 18.0 Å². The van der Waals surface area contributed by atoms with E-state index < -0.39 is 11.6 Å². The van der Waals surface area contributed by atoms with Crippen LogP contribution in [0.25, 0.3) is 10.9 Å². The molecule has 0 bridgehead atoms. The van der Waals surface area contributed by atoms with Crippen LogP contribution in [0.4, 0.5) is 18.0 Å². The fourth-order valence-corrected chi connectivity index (χ4v) is 2.66. The first-order valence-corrected chi connectivity index (χ1v) is 8.38. The first-order valence-electron chi connectivity index (χ1n) is 8.38. The fraction of sp³-hybridized carbons (Fsp3) is 0.211. The minimum Gasteiger partial charge on any atom is -0.489 e. The number of ether oxygens (including phenoxy) is 1. The van der Waals surface area contributed by atoms with Crippen LogP contribution in [0.2, 0.25) is 0 Å². The van der Waals surface area contributed by atoms with E-state index in [1.54, 1.807) is 12.3 Å². The number of urea groups is 1.